The van der Waals surface area contributed by atoms with Gasteiger partial charge in [0.15, 0.2) is 5.78 Å². The average molecular weight is 526 g/mol. The van der Waals surface area contributed by atoms with Crippen molar-refractivity contribution in [2.24, 2.45) is 5.92 Å². The molecule has 0 aromatic heterocycles. The summed E-state index contributed by atoms with van der Waals surface area (Å²) in [5.41, 5.74) is 7.56. The molecule has 0 radical (unpaired) electrons. The molecule has 204 valence electrons. The molecular weight excluding hydrogens is 486 g/mol. The van der Waals surface area contributed by atoms with Gasteiger partial charge in [-0.2, -0.15) is 0 Å². The topological polar surface area (TPSA) is 75.6 Å². The Bertz CT molecular complexity index is 1340. The predicted molar refractivity (Wildman–Crippen MR) is 151 cm³/mol. The molecule has 2 aromatic rings. The van der Waals surface area contributed by atoms with Gasteiger partial charge in [-0.3, -0.25) is 4.79 Å². The molecule has 5 heteroatoms. The third-order valence-corrected chi connectivity index (χ3v) is 9.37. The van der Waals surface area contributed by atoms with Crippen molar-refractivity contribution in [1.29, 1.82) is 0 Å². The fraction of sp³-hybridized carbons (Fsp3) is 0.471. The van der Waals surface area contributed by atoms with Gasteiger partial charge in [0.05, 0.1) is 5.57 Å². The molecule has 1 heterocycles. The second kappa shape index (κ2) is 10.7. The van der Waals surface area contributed by atoms with Gasteiger partial charge in [-0.15, -0.1) is 0 Å². The Labute approximate surface area is 231 Å². The number of ether oxygens (including phenoxy) is 1. The van der Waals surface area contributed by atoms with Crippen LogP contribution in [0.2, 0.25) is 0 Å². The van der Waals surface area contributed by atoms with Crippen LogP contribution in [0.4, 0.5) is 0 Å². The molecule has 0 bridgehead atoms. The van der Waals surface area contributed by atoms with E-state index in [1.807, 2.05) is 6.07 Å². The van der Waals surface area contributed by atoms with Gasteiger partial charge in [-0.1, -0.05) is 43.2 Å². The van der Waals surface area contributed by atoms with Gasteiger partial charge in [0.25, 0.3) is 0 Å². The van der Waals surface area contributed by atoms with Crippen LogP contribution in [-0.4, -0.2) is 23.0 Å². The number of rotatable bonds is 5. The number of phenolic OH excluding ortho intramolecular Hbond substituents is 1. The zero-order chi connectivity index (χ0) is 27.1. The smallest absolute Gasteiger partial charge is 0.337 e. The number of ketones is 1. The number of allylic oxidation sites excluding steroid dienone is 3. The SMILES string of the molecule is Cc1cccc(C)c1C1CC(=O)C2=C(C1)NC(C1CCC1)=C(C(=O)OC1CCCCC1)C2c1cccc(O)c1. The quantitative estimate of drug-likeness (QED) is 0.410. The van der Waals surface area contributed by atoms with Crippen molar-refractivity contribution in [3.63, 3.8) is 0 Å². The highest BCUT2D eigenvalue weighted by molar-refractivity contribution is 6.04. The minimum absolute atomic E-state index is 0.0698. The van der Waals surface area contributed by atoms with Crippen molar-refractivity contribution in [1.82, 2.24) is 5.32 Å². The van der Waals surface area contributed by atoms with Crippen molar-refractivity contribution in [3.05, 3.63) is 87.3 Å². The van der Waals surface area contributed by atoms with Gasteiger partial charge in [-0.25, -0.2) is 4.79 Å². The maximum atomic E-state index is 14.1. The van der Waals surface area contributed by atoms with Gasteiger partial charge in [-0.05, 0) is 105 Å². The molecule has 4 aliphatic rings. The van der Waals surface area contributed by atoms with Gasteiger partial charge in [0, 0.05) is 29.3 Å². The Morgan fingerprint density at radius 1 is 0.897 bits per heavy atom. The first-order valence-corrected chi connectivity index (χ1v) is 14.7. The number of dihydropyridines is 1. The molecule has 5 nitrogen and oxygen atoms in total. The van der Waals surface area contributed by atoms with Crippen molar-refractivity contribution < 1.29 is 19.4 Å². The molecule has 3 aliphatic carbocycles. The highest BCUT2D eigenvalue weighted by atomic mass is 16.5. The molecule has 0 spiro atoms. The molecule has 2 atom stereocenters. The Morgan fingerprint density at radius 2 is 1.62 bits per heavy atom. The van der Waals surface area contributed by atoms with Crippen LogP contribution >= 0.6 is 0 Å². The van der Waals surface area contributed by atoms with Crippen LogP contribution in [0.3, 0.4) is 0 Å². The van der Waals surface area contributed by atoms with E-state index >= 15 is 0 Å². The summed E-state index contributed by atoms with van der Waals surface area (Å²) in [6, 6.07) is 13.4. The number of esters is 1. The normalized spacial score (nSPS) is 24.2. The number of benzene rings is 2. The summed E-state index contributed by atoms with van der Waals surface area (Å²) < 4.78 is 6.17. The van der Waals surface area contributed by atoms with E-state index in [1.54, 1.807) is 18.2 Å². The summed E-state index contributed by atoms with van der Waals surface area (Å²) in [6.45, 7) is 4.25. The first kappa shape index (κ1) is 25.9. The number of hydrogen-bond donors (Lipinski definition) is 2. The van der Waals surface area contributed by atoms with Crippen LogP contribution in [-0.2, 0) is 14.3 Å². The summed E-state index contributed by atoms with van der Waals surface area (Å²) >= 11 is 0. The highest BCUT2D eigenvalue weighted by Crippen LogP contribution is 2.50. The zero-order valence-corrected chi connectivity index (χ0v) is 23.1. The fourth-order valence-electron chi connectivity index (χ4n) is 7.27. The Kier molecular flexibility index (Phi) is 7.09. The number of nitrogens with one attached hydrogen (secondary N) is 1. The van der Waals surface area contributed by atoms with Crippen molar-refractivity contribution in [2.75, 3.05) is 0 Å². The Hall–Kier alpha value is -3.34. The molecule has 0 amide bonds. The molecule has 39 heavy (non-hydrogen) atoms. The van der Waals surface area contributed by atoms with Gasteiger partial charge < -0.3 is 15.2 Å². The van der Waals surface area contributed by atoms with Crippen LogP contribution in [0.25, 0.3) is 0 Å². The van der Waals surface area contributed by atoms with E-state index in [1.165, 1.54) is 23.1 Å². The molecule has 2 aromatic carbocycles. The number of Topliss-reactive ketones (excluding diaryl/α,β-unsaturated/α-hetero) is 1. The fourth-order valence-corrected chi connectivity index (χ4v) is 7.27. The van der Waals surface area contributed by atoms with Crippen molar-refractivity contribution in [2.45, 2.75) is 96.0 Å². The Morgan fingerprint density at radius 3 is 2.28 bits per heavy atom. The van der Waals surface area contributed by atoms with Crippen molar-refractivity contribution >= 4 is 11.8 Å². The van der Waals surface area contributed by atoms with E-state index in [4.69, 9.17) is 4.74 Å². The number of carbonyl (C=O) groups excluding carboxylic acids is 2. The summed E-state index contributed by atoms with van der Waals surface area (Å²) in [5, 5.41) is 14.1. The first-order chi connectivity index (χ1) is 18.9. The third kappa shape index (κ3) is 4.92. The highest BCUT2D eigenvalue weighted by Gasteiger charge is 2.45. The minimum Gasteiger partial charge on any atom is -0.508 e. The molecule has 2 unspecified atom stereocenters. The summed E-state index contributed by atoms with van der Waals surface area (Å²) in [4.78, 5) is 28.1. The molecule has 2 saturated carbocycles. The average Bonchev–Trinajstić information content (AvgIpc) is 2.87. The molecular formula is C34H39NO4. The van der Waals surface area contributed by atoms with E-state index in [0.29, 0.717) is 17.6 Å². The summed E-state index contributed by atoms with van der Waals surface area (Å²) in [5.74, 6) is -0.292. The van der Waals surface area contributed by atoms with Crippen molar-refractivity contribution in [3.8, 4) is 5.75 Å². The second-order valence-electron chi connectivity index (χ2n) is 12.0. The van der Waals surface area contributed by atoms with Gasteiger partial charge in [0.2, 0.25) is 0 Å². The lowest BCUT2D eigenvalue weighted by atomic mass is 9.68. The molecule has 2 fully saturated rings. The first-order valence-electron chi connectivity index (χ1n) is 14.7. The maximum absolute atomic E-state index is 14.1. The lowest BCUT2D eigenvalue weighted by molar-refractivity contribution is -0.146. The second-order valence-corrected chi connectivity index (χ2v) is 12.0. The largest absolute Gasteiger partial charge is 0.508 e. The molecule has 6 rings (SSSR count). The van der Waals surface area contributed by atoms with Crippen LogP contribution < -0.4 is 5.32 Å². The van der Waals surface area contributed by atoms with Gasteiger partial charge >= 0.3 is 5.97 Å². The van der Waals surface area contributed by atoms with Gasteiger partial charge in [0.1, 0.15) is 11.9 Å². The van der Waals surface area contributed by atoms with E-state index in [2.05, 4.69) is 37.4 Å². The lowest BCUT2D eigenvalue weighted by Crippen LogP contribution is -2.40. The minimum atomic E-state index is -0.536. The maximum Gasteiger partial charge on any atom is 0.337 e. The van der Waals surface area contributed by atoms with E-state index < -0.39 is 5.92 Å². The number of phenols is 1. The number of aryl methyl sites for hydroxylation is 2. The van der Waals surface area contributed by atoms with Crippen LogP contribution in [0.1, 0.15) is 98.3 Å². The Balaban J connectivity index is 1.45. The standard InChI is InChI=1S/C34H39NO4/c1-20-9-6-10-21(2)29(20)24-18-27-31(28(37)19-24)30(23-13-8-14-25(36)17-23)32(33(35-27)22-11-7-12-22)34(38)39-26-15-4-3-5-16-26/h6,8-10,13-14,17,22,24,26,30,35-36H,3-5,7,11-12,15-16,18-19H2,1-2H3. The number of carbonyl (C=O) groups is 2. The van der Waals surface area contributed by atoms with E-state index in [-0.39, 0.29) is 35.4 Å². The van der Waals surface area contributed by atoms with E-state index in [0.717, 1.165) is 68.3 Å². The third-order valence-electron chi connectivity index (χ3n) is 9.37. The lowest BCUT2D eigenvalue weighted by Gasteiger charge is -2.41. The van der Waals surface area contributed by atoms with Crippen LogP contribution in [0, 0.1) is 19.8 Å². The van der Waals surface area contributed by atoms with Crippen LogP contribution in [0.5, 0.6) is 5.75 Å². The molecule has 2 N–H and O–H groups in total. The number of hydrogen-bond acceptors (Lipinski definition) is 5. The zero-order valence-electron chi connectivity index (χ0n) is 23.1. The monoisotopic (exact) mass is 525 g/mol. The number of aromatic hydroxyl groups is 1. The van der Waals surface area contributed by atoms with E-state index in [9.17, 15) is 14.7 Å². The summed E-state index contributed by atoms with van der Waals surface area (Å²) in [7, 11) is 0. The predicted octanol–water partition coefficient (Wildman–Crippen LogP) is 7.03. The molecule has 1 aliphatic heterocycles. The molecule has 0 saturated heterocycles. The van der Waals surface area contributed by atoms with Crippen LogP contribution in [0.15, 0.2) is 65.0 Å². The summed E-state index contributed by atoms with van der Waals surface area (Å²) in [6.07, 6.45) is 9.36.